The number of carbonyl (C=O) groups excluding carboxylic acids is 1. The zero-order valence-corrected chi connectivity index (χ0v) is 13.7. The van der Waals surface area contributed by atoms with Gasteiger partial charge in [-0.05, 0) is 38.1 Å². The zero-order chi connectivity index (χ0) is 16.1. The number of pyridine rings is 1. The standard InChI is InChI=1S/C15H16Cl2N4O/c1-9(2)19-15(22)21-13-7-6-10(8-18-13)20-12-5-3-4-11(16)14(12)17/h3-9,20H,1-2H3,(H2,18,19,21,22). The number of hydrogen-bond acceptors (Lipinski definition) is 3. The predicted molar refractivity (Wildman–Crippen MR) is 91.3 cm³/mol. The van der Waals surface area contributed by atoms with Gasteiger partial charge in [0, 0.05) is 6.04 Å². The van der Waals surface area contributed by atoms with Crippen LogP contribution in [0.3, 0.4) is 0 Å². The minimum Gasteiger partial charge on any atom is -0.353 e. The molecule has 0 spiro atoms. The quantitative estimate of drug-likeness (QED) is 0.759. The second-order valence-corrected chi connectivity index (χ2v) is 5.70. The molecule has 0 radical (unpaired) electrons. The monoisotopic (exact) mass is 338 g/mol. The van der Waals surface area contributed by atoms with Gasteiger partial charge in [0.15, 0.2) is 0 Å². The van der Waals surface area contributed by atoms with Crippen LogP contribution in [0.5, 0.6) is 0 Å². The van der Waals surface area contributed by atoms with Crippen molar-refractivity contribution in [3.05, 3.63) is 46.6 Å². The van der Waals surface area contributed by atoms with Crippen molar-refractivity contribution in [2.75, 3.05) is 10.6 Å². The molecule has 0 fully saturated rings. The van der Waals surface area contributed by atoms with Crippen LogP contribution >= 0.6 is 23.2 Å². The van der Waals surface area contributed by atoms with E-state index in [1.807, 2.05) is 19.9 Å². The molecule has 0 saturated carbocycles. The van der Waals surface area contributed by atoms with Crippen LogP contribution in [0.2, 0.25) is 10.0 Å². The molecule has 7 heteroatoms. The lowest BCUT2D eigenvalue weighted by molar-refractivity contribution is 0.250. The van der Waals surface area contributed by atoms with Gasteiger partial charge >= 0.3 is 6.03 Å². The Morgan fingerprint density at radius 3 is 2.59 bits per heavy atom. The molecule has 2 aromatic rings. The summed E-state index contributed by atoms with van der Waals surface area (Å²) in [5.41, 5.74) is 1.42. The van der Waals surface area contributed by atoms with Gasteiger partial charge in [-0.15, -0.1) is 0 Å². The van der Waals surface area contributed by atoms with Crippen molar-refractivity contribution in [1.29, 1.82) is 0 Å². The van der Waals surface area contributed by atoms with E-state index in [1.54, 1.807) is 30.5 Å². The minimum atomic E-state index is -0.291. The minimum absolute atomic E-state index is 0.0610. The molecule has 1 aromatic heterocycles. The highest BCUT2D eigenvalue weighted by molar-refractivity contribution is 6.43. The smallest absolute Gasteiger partial charge is 0.320 e. The summed E-state index contributed by atoms with van der Waals surface area (Å²) in [6.45, 7) is 3.77. The Labute approximate surface area is 139 Å². The second-order valence-electron chi connectivity index (χ2n) is 4.91. The third-order valence-electron chi connectivity index (χ3n) is 2.66. The zero-order valence-electron chi connectivity index (χ0n) is 12.2. The molecule has 3 N–H and O–H groups in total. The van der Waals surface area contributed by atoms with Crippen molar-refractivity contribution in [1.82, 2.24) is 10.3 Å². The highest BCUT2D eigenvalue weighted by atomic mass is 35.5. The summed E-state index contributed by atoms with van der Waals surface area (Å²) in [7, 11) is 0. The summed E-state index contributed by atoms with van der Waals surface area (Å²) in [4.78, 5) is 15.7. The molecule has 0 aliphatic rings. The number of amides is 2. The van der Waals surface area contributed by atoms with Crippen molar-refractivity contribution in [3.63, 3.8) is 0 Å². The third-order valence-corrected chi connectivity index (χ3v) is 3.47. The van der Waals surface area contributed by atoms with Crippen molar-refractivity contribution in [3.8, 4) is 0 Å². The molecule has 2 rings (SSSR count). The Hall–Kier alpha value is -1.98. The van der Waals surface area contributed by atoms with Crippen LogP contribution in [0, 0.1) is 0 Å². The Balaban J connectivity index is 2.03. The number of aromatic nitrogens is 1. The van der Waals surface area contributed by atoms with Gasteiger partial charge in [-0.1, -0.05) is 29.3 Å². The largest absolute Gasteiger partial charge is 0.353 e. The Kier molecular flexibility index (Phi) is 5.46. The maximum atomic E-state index is 11.6. The van der Waals surface area contributed by atoms with Crippen LogP contribution in [-0.2, 0) is 0 Å². The van der Waals surface area contributed by atoms with Crippen LogP contribution in [0.1, 0.15) is 13.8 Å². The summed E-state index contributed by atoms with van der Waals surface area (Å²) in [6.07, 6.45) is 1.60. The van der Waals surface area contributed by atoms with Crippen LogP contribution in [-0.4, -0.2) is 17.1 Å². The fourth-order valence-electron chi connectivity index (χ4n) is 1.71. The molecule has 0 aliphatic carbocycles. The van der Waals surface area contributed by atoms with Gasteiger partial charge in [-0.3, -0.25) is 5.32 Å². The van der Waals surface area contributed by atoms with E-state index in [0.29, 0.717) is 21.6 Å². The van der Waals surface area contributed by atoms with Crippen molar-refractivity contribution < 1.29 is 4.79 Å². The average molecular weight is 339 g/mol. The molecule has 1 heterocycles. The number of halogens is 2. The van der Waals surface area contributed by atoms with E-state index in [9.17, 15) is 4.79 Å². The van der Waals surface area contributed by atoms with E-state index in [-0.39, 0.29) is 12.1 Å². The van der Waals surface area contributed by atoms with Crippen LogP contribution < -0.4 is 16.0 Å². The first-order valence-electron chi connectivity index (χ1n) is 6.70. The van der Waals surface area contributed by atoms with Crippen molar-refractivity contribution in [2.24, 2.45) is 0 Å². The maximum Gasteiger partial charge on any atom is 0.320 e. The number of urea groups is 1. The van der Waals surface area contributed by atoms with E-state index in [1.165, 1.54) is 0 Å². The van der Waals surface area contributed by atoms with Gasteiger partial charge in [0.2, 0.25) is 0 Å². The molecule has 5 nitrogen and oxygen atoms in total. The number of nitrogens with zero attached hydrogens (tertiary/aromatic N) is 1. The van der Waals surface area contributed by atoms with Gasteiger partial charge < -0.3 is 10.6 Å². The number of carbonyl (C=O) groups is 1. The first-order chi connectivity index (χ1) is 10.5. The summed E-state index contributed by atoms with van der Waals surface area (Å²) >= 11 is 12.1. The normalized spacial score (nSPS) is 10.4. The second kappa shape index (κ2) is 7.33. The summed E-state index contributed by atoms with van der Waals surface area (Å²) in [5, 5.41) is 9.41. The topological polar surface area (TPSA) is 66.1 Å². The molecule has 0 atom stereocenters. The van der Waals surface area contributed by atoms with E-state index in [2.05, 4.69) is 20.9 Å². The van der Waals surface area contributed by atoms with E-state index in [4.69, 9.17) is 23.2 Å². The highest BCUT2D eigenvalue weighted by Gasteiger charge is 2.06. The van der Waals surface area contributed by atoms with Gasteiger partial charge in [0.1, 0.15) is 5.82 Å². The SMILES string of the molecule is CC(C)NC(=O)Nc1ccc(Nc2cccc(Cl)c2Cl)cn1. The summed E-state index contributed by atoms with van der Waals surface area (Å²) < 4.78 is 0. The predicted octanol–water partition coefficient (Wildman–Crippen LogP) is 4.66. The molecule has 2 amide bonds. The van der Waals surface area contributed by atoms with Gasteiger partial charge in [0.25, 0.3) is 0 Å². The third kappa shape index (κ3) is 4.51. The molecule has 0 bridgehead atoms. The maximum absolute atomic E-state index is 11.6. The van der Waals surface area contributed by atoms with E-state index in [0.717, 1.165) is 5.69 Å². The van der Waals surface area contributed by atoms with Crippen LogP contribution in [0.4, 0.5) is 22.0 Å². The van der Waals surface area contributed by atoms with Crippen LogP contribution in [0.15, 0.2) is 36.5 Å². The molecule has 22 heavy (non-hydrogen) atoms. The first-order valence-corrected chi connectivity index (χ1v) is 7.46. The molecule has 116 valence electrons. The molecule has 0 aliphatic heterocycles. The lowest BCUT2D eigenvalue weighted by Crippen LogP contribution is -2.34. The van der Waals surface area contributed by atoms with Gasteiger partial charge in [-0.2, -0.15) is 0 Å². The lowest BCUT2D eigenvalue weighted by Gasteiger charge is -2.11. The number of anilines is 3. The average Bonchev–Trinajstić information content (AvgIpc) is 2.45. The number of nitrogens with one attached hydrogen (secondary N) is 3. The first kappa shape index (κ1) is 16.4. The molecule has 0 saturated heterocycles. The molecule has 0 unspecified atom stereocenters. The molecular weight excluding hydrogens is 323 g/mol. The van der Waals surface area contributed by atoms with E-state index >= 15 is 0 Å². The van der Waals surface area contributed by atoms with Crippen molar-refractivity contribution >= 4 is 46.4 Å². The van der Waals surface area contributed by atoms with E-state index < -0.39 is 0 Å². The fourth-order valence-corrected chi connectivity index (χ4v) is 2.06. The van der Waals surface area contributed by atoms with Crippen LogP contribution in [0.25, 0.3) is 0 Å². The number of benzene rings is 1. The number of hydrogen-bond donors (Lipinski definition) is 3. The van der Waals surface area contributed by atoms with Gasteiger partial charge in [0.05, 0.1) is 27.6 Å². The van der Waals surface area contributed by atoms with Crippen molar-refractivity contribution in [2.45, 2.75) is 19.9 Å². The lowest BCUT2D eigenvalue weighted by atomic mass is 10.3. The van der Waals surface area contributed by atoms with Gasteiger partial charge in [-0.25, -0.2) is 9.78 Å². The molecular formula is C15H16Cl2N4O. The Morgan fingerprint density at radius 2 is 1.95 bits per heavy atom. The highest BCUT2D eigenvalue weighted by Crippen LogP contribution is 2.31. The Bertz CT molecular complexity index is 659. The molecule has 1 aromatic carbocycles. The fraction of sp³-hybridized carbons (Fsp3) is 0.200. The Morgan fingerprint density at radius 1 is 1.18 bits per heavy atom. The number of rotatable bonds is 4. The summed E-state index contributed by atoms with van der Waals surface area (Å²) in [5.74, 6) is 0.459. The summed E-state index contributed by atoms with van der Waals surface area (Å²) in [6, 6.07) is 8.59.